The SMILES string of the molecule is O=c1c(O)c(-c2cccs2)[nH]c2cc(Cl)ccc12. The molecule has 3 rings (SSSR count). The Labute approximate surface area is 111 Å². The van der Waals surface area contributed by atoms with Gasteiger partial charge in [-0.25, -0.2) is 0 Å². The summed E-state index contributed by atoms with van der Waals surface area (Å²) in [6.07, 6.45) is 0. The van der Waals surface area contributed by atoms with Gasteiger partial charge in [-0.1, -0.05) is 17.7 Å². The number of pyridine rings is 1. The Morgan fingerprint density at radius 3 is 2.83 bits per heavy atom. The molecule has 5 heteroatoms. The molecule has 3 nitrogen and oxygen atoms in total. The zero-order valence-corrected chi connectivity index (χ0v) is 10.7. The zero-order valence-electron chi connectivity index (χ0n) is 9.11. The average molecular weight is 278 g/mol. The van der Waals surface area contributed by atoms with Crippen LogP contribution in [0.4, 0.5) is 0 Å². The molecule has 2 N–H and O–H groups in total. The zero-order chi connectivity index (χ0) is 12.7. The smallest absolute Gasteiger partial charge is 0.231 e. The van der Waals surface area contributed by atoms with E-state index >= 15 is 0 Å². The maximum atomic E-state index is 12.0. The van der Waals surface area contributed by atoms with Crippen molar-refractivity contribution in [3.05, 3.63) is 51.0 Å². The van der Waals surface area contributed by atoms with Gasteiger partial charge in [-0.3, -0.25) is 4.79 Å². The number of halogens is 1. The summed E-state index contributed by atoms with van der Waals surface area (Å²) in [5.41, 5.74) is 0.669. The van der Waals surface area contributed by atoms with Gasteiger partial charge in [0, 0.05) is 10.4 Å². The van der Waals surface area contributed by atoms with E-state index in [1.165, 1.54) is 11.3 Å². The van der Waals surface area contributed by atoms with Crippen molar-refractivity contribution < 1.29 is 5.11 Å². The van der Waals surface area contributed by atoms with Crippen LogP contribution in [0.1, 0.15) is 0 Å². The highest BCUT2D eigenvalue weighted by Crippen LogP contribution is 2.30. The second-order valence-corrected chi connectivity index (χ2v) is 5.23. The summed E-state index contributed by atoms with van der Waals surface area (Å²) in [4.78, 5) is 15.9. The molecule has 0 bridgehead atoms. The van der Waals surface area contributed by atoms with Gasteiger partial charge in [0.1, 0.15) is 5.69 Å². The van der Waals surface area contributed by atoms with Gasteiger partial charge >= 0.3 is 0 Å². The van der Waals surface area contributed by atoms with Gasteiger partial charge in [-0.05, 0) is 29.6 Å². The lowest BCUT2D eigenvalue weighted by atomic mass is 10.1. The fourth-order valence-corrected chi connectivity index (χ4v) is 2.75. The molecule has 1 aromatic carbocycles. The number of nitrogens with one attached hydrogen (secondary N) is 1. The third-order valence-electron chi connectivity index (χ3n) is 2.71. The first-order valence-corrected chi connectivity index (χ1v) is 6.51. The van der Waals surface area contributed by atoms with Crippen LogP contribution in [-0.4, -0.2) is 10.1 Å². The normalized spacial score (nSPS) is 10.9. The Morgan fingerprint density at radius 2 is 2.11 bits per heavy atom. The number of aromatic nitrogens is 1. The summed E-state index contributed by atoms with van der Waals surface area (Å²) in [6, 6.07) is 8.61. The highest BCUT2D eigenvalue weighted by molar-refractivity contribution is 7.13. The number of thiophene rings is 1. The van der Waals surface area contributed by atoms with E-state index in [0.717, 1.165) is 4.88 Å². The number of fused-ring (bicyclic) bond motifs is 1. The van der Waals surface area contributed by atoms with Crippen LogP contribution in [0.5, 0.6) is 5.75 Å². The van der Waals surface area contributed by atoms with Crippen LogP contribution >= 0.6 is 22.9 Å². The first-order chi connectivity index (χ1) is 8.66. The van der Waals surface area contributed by atoms with Crippen molar-refractivity contribution in [1.29, 1.82) is 0 Å². The van der Waals surface area contributed by atoms with Gasteiger partial charge in [0.05, 0.1) is 10.4 Å². The molecular formula is C13H8ClNO2S. The van der Waals surface area contributed by atoms with E-state index in [1.807, 2.05) is 17.5 Å². The first kappa shape index (κ1) is 11.3. The molecule has 0 unspecified atom stereocenters. The Bertz CT molecular complexity index is 778. The molecule has 0 aliphatic rings. The minimum Gasteiger partial charge on any atom is -0.503 e. The van der Waals surface area contributed by atoms with Gasteiger partial charge in [-0.15, -0.1) is 11.3 Å². The molecule has 0 radical (unpaired) electrons. The molecule has 18 heavy (non-hydrogen) atoms. The van der Waals surface area contributed by atoms with Crippen molar-refractivity contribution in [2.24, 2.45) is 0 Å². The third kappa shape index (κ3) is 1.70. The second-order valence-electron chi connectivity index (χ2n) is 3.84. The van der Waals surface area contributed by atoms with E-state index in [2.05, 4.69) is 4.98 Å². The molecule has 90 valence electrons. The number of aromatic hydroxyl groups is 1. The lowest BCUT2D eigenvalue weighted by molar-refractivity contribution is 0.471. The minimum absolute atomic E-state index is 0.257. The number of hydrogen-bond acceptors (Lipinski definition) is 3. The summed E-state index contributed by atoms with van der Waals surface area (Å²) in [6.45, 7) is 0. The van der Waals surface area contributed by atoms with Crippen LogP contribution in [0.3, 0.4) is 0 Å². The predicted molar refractivity (Wildman–Crippen MR) is 74.6 cm³/mol. The fourth-order valence-electron chi connectivity index (χ4n) is 1.85. The Balaban J connectivity index is 2.41. The molecule has 0 fully saturated rings. The molecule has 0 aliphatic carbocycles. The van der Waals surface area contributed by atoms with E-state index < -0.39 is 0 Å². The van der Waals surface area contributed by atoms with Crippen molar-refractivity contribution in [3.63, 3.8) is 0 Å². The largest absolute Gasteiger partial charge is 0.503 e. The van der Waals surface area contributed by atoms with E-state index in [4.69, 9.17) is 11.6 Å². The Kier molecular flexibility index (Phi) is 2.61. The molecule has 0 saturated heterocycles. The highest BCUT2D eigenvalue weighted by Gasteiger charge is 2.13. The summed E-state index contributed by atoms with van der Waals surface area (Å²) in [7, 11) is 0. The molecule has 2 heterocycles. The Hall–Kier alpha value is -1.78. The monoisotopic (exact) mass is 277 g/mol. The number of H-pyrrole nitrogens is 1. The summed E-state index contributed by atoms with van der Waals surface area (Å²) < 4.78 is 0. The van der Waals surface area contributed by atoms with Crippen LogP contribution in [0, 0.1) is 0 Å². The van der Waals surface area contributed by atoms with Crippen LogP contribution < -0.4 is 5.43 Å². The number of benzene rings is 1. The number of rotatable bonds is 1. The van der Waals surface area contributed by atoms with Crippen LogP contribution in [0.25, 0.3) is 21.5 Å². The molecule has 3 aromatic rings. The quantitative estimate of drug-likeness (QED) is 0.714. The molecule has 0 amide bonds. The number of hydrogen-bond donors (Lipinski definition) is 2. The minimum atomic E-state index is -0.385. The third-order valence-corrected chi connectivity index (χ3v) is 3.83. The number of aromatic amines is 1. The van der Waals surface area contributed by atoms with Gasteiger partial charge in [0.2, 0.25) is 5.43 Å². The molecule has 0 saturated carbocycles. The van der Waals surface area contributed by atoms with Gasteiger partial charge in [-0.2, -0.15) is 0 Å². The van der Waals surface area contributed by atoms with Crippen molar-refractivity contribution in [2.45, 2.75) is 0 Å². The summed E-state index contributed by atoms with van der Waals surface area (Å²) in [5.74, 6) is -0.257. The maximum Gasteiger partial charge on any atom is 0.231 e. The van der Waals surface area contributed by atoms with Crippen molar-refractivity contribution in [1.82, 2.24) is 4.98 Å². The highest BCUT2D eigenvalue weighted by atomic mass is 35.5. The van der Waals surface area contributed by atoms with Gasteiger partial charge < -0.3 is 10.1 Å². The molecule has 2 aromatic heterocycles. The summed E-state index contributed by atoms with van der Waals surface area (Å²) >= 11 is 7.35. The molecule has 0 aliphatic heterocycles. The van der Waals surface area contributed by atoms with Crippen molar-refractivity contribution in [2.75, 3.05) is 0 Å². The average Bonchev–Trinajstić information content (AvgIpc) is 2.87. The van der Waals surface area contributed by atoms with Crippen LogP contribution in [0.15, 0.2) is 40.5 Å². The standard InChI is InChI=1S/C13H8ClNO2S/c14-7-3-4-8-9(6-7)15-11(13(17)12(8)16)10-2-1-5-18-10/h1-6,17H,(H,15,16). The van der Waals surface area contributed by atoms with Crippen molar-refractivity contribution in [3.8, 4) is 16.3 Å². The van der Waals surface area contributed by atoms with Crippen LogP contribution in [0.2, 0.25) is 5.02 Å². The molecular weight excluding hydrogens is 270 g/mol. The summed E-state index contributed by atoms with van der Waals surface area (Å²) in [5, 5.41) is 12.8. The first-order valence-electron chi connectivity index (χ1n) is 5.25. The van der Waals surface area contributed by atoms with E-state index in [0.29, 0.717) is 21.6 Å². The predicted octanol–water partition coefficient (Wildman–Crippen LogP) is 3.62. The second kappa shape index (κ2) is 4.15. The topological polar surface area (TPSA) is 53.1 Å². The molecule has 0 atom stereocenters. The maximum absolute atomic E-state index is 12.0. The lowest BCUT2D eigenvalue weighted by Gasteiger charge is -2.05. The molecule has 0 spiro atoms. The van der Waals surface area contributed by atoms with Crippen molar-refractivity contribution >= 4 is 33.8 Å². The fraction of sp³-hybridized carbons (Fsp3) is 0. The van der Waals surface area contributed by atoms with E-state index in [-0.39, 0.29) is 11.2 Å². The van der Waals surface area contributed by atoms with Gasteiger partial charge in [0.15, 0.2) is 5.75 Å². The van der Waals surface area contributed by atoms with E-state index in [9.17, 15) is 9.90 Å². The Morgan fingerprint density at radius 1 is 1.28 bits per heavy atom. The van der Waals surface area contributed by atoms with Gasteiger partial charge in [0.25, 0.3) is 0 Å². The van der Waals surface area contributed by atoms with E-state index in [1.54, 1.807) is 18.2 Å². The lowest BCUT2D eigenvalue weighted by Crippen LogP contribution is -2.04. The van der Waals surface area contributed by atoms with Crippen LogP contribution in [-0.2, 0) is 0 Å².